The Hall–Kier alpha value is -2.04. The largest absolute Gasteiger partial charge is 0.324 e. The summed E-state index contributed by atoms with van der Waals surface area (Å²) < 4.78 is 30.0. The van der Waals surface area contributed by atoms with E-state index in [1.807, 2.05) is 0 Å². The van der Waals surface area contributed by atoms with E-state index in [0.29, 0.717) is 39.3 Å². The zero-order chi connectivity index (χ0) is 19.7. The van der Waals surface area contributed by atoms with Crippen LogP contribution < -0.4 is 5.56 Å². The topological polar surface area (TPSA) is 93.3 Å². The Morgan fingerprint density at radius 3 is 2.54 bits per heavy atom. The van der Waals surface area contributed by atoms with Gasteiger partial charge in [-0.05, 0) is 31.2 Å². The number of aryl methyl sites for hydroxylation is 3. The molecule has 1 saturated heterocycles. The maximum Gasteiger partial charge on any atom is 0.277 e. The van der Waals surface area contributed by atoms with Crippen LogP contribution in [0.15, 0.2) is 28.4 Å². The summed E-state index contributed by atoms with van der Waals surface area (Å²) >= 11 is 0. The van der Waals surface area contributed by atoms with Crippen LogP contribution in [-0.4, -0.2) is 69.7 Å². The van der Waals surface area contributed by atoms with Crippen molar-refractivity contribution in [3.63, 3.8) is 0 Å². The summed E-state index contributed by atoms with van der Waals surface area (Å²) in [4.78, 5) is 18.5. The Kier molecular flexibility index (Phi) is 5.35. The second kappa shape index (κ2) is 7.76. The molecule has 4 rings (SSSR count). The highest BCUT2D eigenvalue weighted by Crippen LogP contribution is 2.17. The van der Waals surface area contributed by atoms with E-state index in [-0.39, 0.29) is 10.7 Å². The number of nitrogens with zero attached hydrogens (tertiary/aromatic N) is 6. The third-order valence-electron chi connectivity index (χ3n) is 5.58. The van der Waals surface area contributed by atoms with E-state index in [1.165, 1.54) is 15.1 Å². The van der Waals surface area contributed by atoms with Gasteiger partial charge in [-0.3, -0.25) is 9.69 Å². The molecule has 0 radical (unpaired) electrons. The second-order valence-electron chi connectivity index (χ2n) is 7.45. The monoisotopic (exact) mass is 406 g/mol. The lowest BCUT2D eigenvalue weighted by atomic mass is 9.97. The fourth-order valence-electron chi connectivity index (χ4n) is 3.91. The van der Waals surface area contributed by atoms with Crippen LogP contribution >= 0.6 is 0 Å². The Balaban J connectivity index is 1.35. The first kappa shape index (κ1) is 19.3. The van der Waals surface area contributed by atoms with Gasteiger partial charge in [0, 0.05) is 58.2 Å². The molecule has 1 fully saturated rings. The predicted octanol–water partition coefficient (Wildman–Crippen LogP) is -0.138. The molecule has 0 amide bonds. The van der Waals surface area contributed by atoms with Crippen molar-refractivity contribution >= 4 is 10.0 Å². The van der Waals surface area contributed by atoms with Crippen molar-refractivity contribution in [1.82, 2.24) is 28.5 Å². The van der Waals surface area contributed by atoms with Gasteiger partial charge in [0.25, 0.3) is 15.6 Å². The lowest BCUT2D eigenvalue weighted by molar-refractivity contribution is 0.179. The van der Waals surface area contributed by atoms with E-state index in [1.54, 1.807) is 24.0 Å². The Bertz CT molecular complexity index is 1000. The summed E-state index contributed by atoms with van der Waals surface area (Å²) in [5.74, 6) is 0. The summed E-state index contributed by atoms with van der Waals surface area (Å²) in [6.45, 7) is 3.30. The van der Waals surface area contributed by atoms with E-state index in [4.69, 9.17) is 0 Å². The zero-order valence-corrected chi connectivity index (χ0v) is 16.9. The lowest BCUT2D eigenvalue weighted by Gasteiger charge is -2.33. The molecule has 0 unspecified atom stereocenters. The molecule has 3 heterocycles. The number of fused-ring (bicyclic) bond motifs is 1. The van der Waals surface area contributed by atoms with Gasteiger partial charge in [-0.15, -0.1) is 0 Å². The number of hydrogen-bond acceptors (Lipinski definition) is 6. The number of piperazine rings is 1. The van der Waals surface area contributed by atoms with Gasteiger partial charge in [0.1, 0.15) is 0 Å². The number of rotatable bonds is 5. The van der Waals surface area contributed by atoms with Gasteiger partial charge in [0.15, 0.2) is 0 Å². The first-order valence-corrected chi connectivity index (χ1v) is 11.2. The van der Waals surface area contributed by atoms with Crippen LogP contribution in [0.1, 0.15) is 24.1 Å². The quantitative estimate of drug-likeness (QED) is 0.686. The molecule has 152 valence electrons. The van der Waals surface area contributed by atoms with Gasteiger partial charge >= 0.3 is 0 Å². The summed E-state index contributed by atoms with van der Waals surface area (Å²) in [5.41, 5.74) is 2.11. The minimum atomic E-state index is -3.57. The Morgan fingerprint density at radius 2 is 1.82 bits per heavy atom. The lowest BCUT2D eigenvalue weighted by Crippen LogP contribution is -2.50. The van der Waals surface area contributed by atoms with Crippen LogP contribution in [0.25, 0.3) is 0 Å². The normalized spacial score (nSPS) is 18.9. The molecule has 0 bridgehead atoms. The number of imidazole rings is 1. The summed E-state index contributed by atoms with van der Waals surface area (Å²) in [5, 5.41) is 4.63. The van der Waals surface area contributed by atoms with Crippen molar-refractivity contribution < 1.29 is 8.42 Å². The van der Waals surface area contributed by atoms with Crippen LogP contribution in [0.5, 0.6) is 0 Å². The minimum Gasteiger partial charge on any atom is -0.324 e. The molecule has 2 aromatic rings. The van der Waals surface area contributed by atoms with Gasteiger partial charge in [0.05, 0.1) is 12.2 Å². The van der Waals surface area contributed by atoms with Crippen molar-refractivity contribution in [2.45, 2.75) is 37.4 Å². The third kappa shape index (κ3) is 3.76. The summed E-state index contributed by atoms with van der Waals surface area (Å²) in [6.07, 6.45) is 7.28. The van der Waals surface area contributed by atoms with Gasteiger partial charge in [0.2, 0.25) is 5.16 Å². The summed E-state index contributed by atoms with van der Waals surface area (Å²) in [7, 11) is -1.89. The van der Waals surface area contributed by atoms with E-state index in [2.05, 4.69) is 15.0 Å². The zero-order valence-electron chi connectivity index (χ0n) is 16.1. The van der Waals surface area contributed by atoms with Crippen LogP contribution in [0.3, 0.4) is 0 Å². The summed E-state index contributed by atoms with van der Waals surface area (Å²) in [6, 6.07) is 1.73. The number of hydrogen-bond donors (Lipinski definition) is 0. The van der Waals surface area contributed by atoms with Crippen molar-refractivity contribution in [1.29, 1.82) is 0 Å². The average molecular weight is 407 g/mol. The molecule has 0 atom stereocenters. The van der Waals surface area contributed by atoms with Crippen LogP contribution in [-0.2, 0) is 36.5 Å². The molecule has 0 N–H and O–H groups in total. The standard InChI is InChI=1S/C18H26N6O3S/c1-21-7-6-19-18(21)28(26,27)23-11-8-22(9-12-23)10-13-24-17(25)14-15-4-2-3-5-16(15)20-24/h6-7,14H,2-5,8-13H2,1H3. The second-order valence-corrected chi connectivity index (χ2v) is 9.28. The Labute approximate surface area is 164 Å². The van der Waals surface area contributed by atoms with Crippen molar-refractivity contribution in [2.24, 2.45) is 7.05 Å². The molecule has 2 aliphatic rings. The highest BCUT2D eigenvalue weighted by Gasteiger charge is 2.31. The SMILES string of the molecule is Cn1ccnc1S(=O)(=O)N1CCN(CCn2nc3c(cc2=O)CCCC3)CC1. The third-order valence-corrected chi connectivity index (χ3v) is 7.48. The van der Waals surface area contributed by atoms with Gasteiger partial charge < -0.3 is 4.57 Å². The van der Waals surface area contributed by atoms with Crippen molar-refractivity contribution in [3.8, 4) is 0 Å². The molecule has 0 saturated carbocycles. The minimum absolute atomic E-state index is 0.0448. The molecule has 2 aromatic heterocycles. The molecule has 9 nitrogen and oxygen atoms in total. The molecule has 10 heteroatoms. The van der Waals surface area contributed by atoms with Gasteiger partial charge in [-0.2, -0.15) is 9.40 Å². The fraction of sp³-hybridized carbons (Fsp3) is 0.611. The molecule has 1 aliphatic heterocycles. The maximum absolute atomic E-state index is 12.7. The Morgan fingerprint density at radius 1 is 1.07 bits per heavy atom. The number of aromatic nitrogens is 4. The highest BCUT2D eigenvalue weighted by atomic mass is 32.2. The molecule has 1 aliphatic carbocycles. The van der Waals surface area contributed by atoms with E-state index >= 15 is 0 Å². The molecular weight excluding hydrogens is 380 g/mol. The smallest absolute Gasteiger partial charge is 0.277 e. The first-order valence-electron chi connectivity index (χ1n) is 9.75. The molecule has 0 aromatic carbocycles. The van der Waals surface area contributed by atoms with E-state index in [9.17, 15) is 13.2 Å². The van der Waals surface area contributed by atoms with Crippen LogP contribution in [0, 0.1) is 0 Å². The van der Waals surface area contributed by atoms with E-state index in [0.717, 1.165) is 36.9 Å². The first-order chi connectivity index (χ1) is 13.4. The maximum atomic E-state index is 12.7. The van der Waals surface area contributed by atoms with E-state index < -0.39 is 10.0 Å². The molecule has 0 spiro atoms. The molecular formula is C18H26N6O3S. The average Bonchev–Trinajstić information content (AvgIpc) is 3.13. The number of sulfonamides is 1. The van der Waals surface area contributed by atoms with Crippen LogP contribution in [0.2, 0.25) is 0 Å². The molecule has 28 heavy (non-hydrogen) atoms. The van der Waals surface area contributed by atoms with Crippen LogP contribution in [0.4, 0.5) is 0 Å². The fourth-order valence-corrected chi connectivity index (χ4v) is 5.40. The van der Waals surface area contributed by atoms with Gasteiger partial charge in [-0.25, -0.2) is 18.1 Å². The highest BCUT2D eigenvalue weighted by molar-refractivity contribution is 7.89. The van der Waals surface area contributed by atoms with Crippen molar-refractivity contribution in [2.75, 3.05) is 32.7 Å². The van der Waals surface area contributed by atoms with Gasteiger partial charge in [-0.1, -0.05) is 0 Å². The predicted molar refractivity (Wildman–Crippen MR) is 104 cm³/mol. The van der Waals surface area contributed by atoms with Crippen molar-refractivity contribution in [3.05, 3.63) is 40.1 Å².